The van der Waals surface area contributed by atoms with Gasteiger partial charge in [-0.3, -0.25) is 0 Å². The number of carbonyl (C=O) groups is 1. The average Bonchev–Trinajstić information content (AvgIpc) is 3.51. The van der Waals surface area contributed by atoms with Gasteiger partial charge in [-0.15, -0.1) is 18.3 Å². The van der Waals surface area contributed by atoms with Crippen molar-refractivity contribution in [2.24, 2.45) is 4.99 Å². The second-order valence-electron chi connectivity index (χ2n) is 10.5. The third-order valence-corrected chi connectivity index (χ3v) is 7.98. The van der Waals surface area contributed by atoms with E-state index < -0.39 is 24.9 Å². The number of nitrogens with one attached hydrogen (secondary N) is 1. The lowest BCUT2D eigenvalue weighted by Gasteiger charge is -2.32. The molecule has 5 rings (SSSR count). The quantitative estimate of drug-likeness (QED) is 0.152. The fourth-order valence-corrected chi connectivity index (χ4v) is 5.67. The molecule has 1 aliphatic heterocycles. The smallest absolute Gasteiger partial charge is 0.406 e. The summed E-state index contributed by atoms with van der Waals surface area (Å²) in [5, 5.41) is 6.55. The van der Waals surface area contributed by atoms with Gasteiger partial charge in [-0.2, -0.15) is 4.99 Å². The van der Waals surface area contributed by atoms with Crippen molar-refractivity contribution in [1.29, 1.82) is 0 Å². The minimum atomic E-state index is -4.81. The zero-order valence-corrected chi connectivity index (χ0v) is 25.3. The zero-order chi connectivity index (χ0) is 33.0. The number of amides is 2. The summed E-state index contributed by atoms with van der Waals surface area (Å²) in [5.41, 5.74) is 2.27. The van der Waals surface area contributed by atoms with Crippen LogP contribution in [0.1, 0.15) is 43.5 Å². The lowest BCUT2D eigenvalue weighted by molar-refractivity contribution is -0.274. The lowest BCUT2D eigenvalue weighted by atomic mass is 10.00. The molecule has 0 saturated carbocycles. The molecule has 2 unspecified atom stereocenters. The topological polar surface area (TPSA) is 84.6 Å². The Morgan fingerprint density at radius 2 is 1.76 bits per heavy atom. The molecule has 0 radical (unpaired) electrons. The van der Waals surface area contributed by atoms with E-state index in [1.165, 1.54) is 71.3 Å². The summed E-state index contributed by atoms with van der Waals surface area (Å²) in [6.07, 6.45) is -7.28. The molecular weight excluding hydrogens is 634 g/mol. The van der Waals surface area contributed by atoms with Crippen molar-refractivity contribution in [3.8, 4) is 22.8 Å². The number of alkyl halides is 5. The van der Waals surface area contributed by atoms with Crippen LogP contribution in [0.15, 0.2) is 78.0 Å². The van der Waals surface area contributed by atoms with E-state index in [1.807, 2.05) is 19.2 Å². The maximum atomic E-state index is 15.1. The van der Waals surface area contributed by atoms with E-state index in [-0.39, 0.29) is 28.9 Å². The number of ether oxygens (including phenoxy) is 1. The van der Waals surface area contributed by atoms with Gasteiger partial charge in [-0.1, -0.05) is 49.9 Å². The number of halogens is 6. The summed E-state index contributed by atoms with van der Waals surface area (Å²) < 4.78 is 86.3. The summed E-state index contributed by atoms with van der Waals surface area (Å²) in [5.74, 6) is 0.135. The van der Waals surface area contributed by atoms with Crippen LogP contribution in [-0.2, 0) is 0 Å². The third-order valence-electron chi connectivity index (χ3n) is 6.92. The number of amidine groups is 1. The first-order valence-corrected chi connectivity index (χ1v) is 15.1. The van der Waals surface area contributed by atoms with Gasteiger partial charge in [0.2, 0.25) is 6.30 Å². The van der Waals surface area contributed by atoms with E-state index in [9.17, 15) is 26.7 Å². The second-order valence-corrected chi connectivity index (χ2v) is 11.6. The average molecular weight is 663 g/mol. The molecular formula is C31H28F6N6O2S. The molecule has 2 atom stereocenters. The number of hydrogen-bond acceptors (Lipinski definition) is 5. The van der Waals surface area contributed by atoms with Gasteiger partial charge in [0.15, 0.2) is 17.2 Å². The predicted molar refractivity (Wildman–Crippen MR) is 163 cm³/mol. The monoisotopic (exact) mass is 662 g/mol. The number of benzene rings is 3. The minimum Gasteiger partial charge on any atom is -0.406 e. The van der Waals surface area contributed by atoms with E-state index in [0.29, 0.717) is 34.4 Å². The molecule has 1 fully saturated rings. The van der Waals surface area contributed by atoms with Crippen LogP contribution >= 0.6 is 11.8 Å². The van der Waals surface area contributed by atoms with Crippen LogP contribution in [0.5, 0.6) is 5.75 Å². The SMILES string of the molecule is CC(C)c1cc(F)ccc1N1CCCSC1=NC(=O)NC(F)C(F)c1ccc(-c2ncn(-c3ccc(OC(F)(F)F)cc3)n2)cc1. The minimum absolute atomic E-state index is 0.00407. The predicted octanol–water partition coefficient (Wildman–Crippen LogP) is 8.11. The number of aliphatic imine (C=N–C) groups is 1. The van der Waals surface area contributed by atoms with Gasteiger partial charge < -0.3 is 15.0 Å². The van der Waals surface area contributed by atoms with Crippen LogP contribution < -0.4 is 15.0 Å². The van der Waals surface area contributed by atoms with Crippen molar-refractivity contribution < 1.29 is 35.9 Å². The van der Waals surface area contributed by atoms with E-state index in [1.54, 1.807) is 11.0 Å². The summed E-state index contributed by atoms with van der Waals surface area (Å²) in [6.45, 7) is 4.37. The first kappa shape index (κ1) is 32.9. The zero-order valence-electron chi connectivity index (χ0n) is 24.5. The van der Waals surface area contributed by atoms with Gasteiger partial charge in [0.05, 0.1) is 5.69 Å². The fourth-order valence-electron chi connectivity index (χ4n) is 4.72. The Hall–Kier alpha value is -4.53. The van der Waals surface area contributed by atoms with Crippen LogP contribution in [0.3, 0.4) is 0 Å². The van der Waals surface area contributed by atoms with E-state index in [4.69, 9.17) is 0 Å². The molecule has 1 aliphatic rings. The highest BCUT2D eigenvalue weighted by atomic mass is 32.2. The molecule has 1 aromatic heterocycles. The second kappa shape index (κ2) is 13.8. The number of anilines is 1. The van der Waals surface area contributed by atoms with E-state index in [0.717, 1.165) is 24.1 Å². The summed E-state index contributed by atoms with van der Waals surface area (Å²) in [4.78, 5) is 22.6. The largest absolute Gasteiger partial charge is 0.573 e. The van der Waals surface area contributed by atoms with Gasteiger partial charge in [-0.25, -0.2) is 27.6 Å². The van der Waals surface area contributed by atoms with E-state index in [2.05, 4.69) is 19.8 Å². The summed E-state index contributed by atoms with van der Waals surface area (Å²) >= 11 is 1.30. The molecule has 0 spiro atoms. The molecule has 2 heterocycles. The fraction of sp³-hybridized carbons (Fsp3) is 0.290. The number of nitrogens with zero attached hydrogens (tertiary/aromatic N) is 5. The van der Waals surface area contributed by atoms with Gasteiger partial charge in [0, 0.05) is 23.5 Å². The van der Waals surface area contributed by atoms with Gasteiger partial charge in [0.1, 0.15) is 17.9 Å². The Kier molecular flexibility index (Phi) is 9.89. The maximum Gasteiger partial charge on any atom is 0.573 e. The number of hydrogen-bond donors (Lipinski definition) is 1. The Bertz CT molecular complexity index is 1700. The van der Waals surface area contributed by atoms with Crippen molar-refractivity contribution in [3.63, 3.8) is 0 Å². The Balaban J connectivity index is 1.23. The third kappa shape index (κ3) is 8.00. The molecule has 0 aliphatic carbocycles. The molecule has 8 nitrogen and oxygen atoms in total. The van der Waals surface area contributed by atoms with E-state index >= 15 is 4.39 Å². The number of rotatable bonds is 8. The first-order valence-electron chi connectivity index (χ1n) is 14.1. The van der Waals surface area contributed by atoms with Crippen molar-refractivity contribution in [2.75, 3.05) is 17.2 Å². The Morgan fingerprint density at radius 1 is 1.04 bits per heavy atom. The highest BCUT2D eigenvalue weighted by Gasteiger charge is 2.31. The Morgan fingerprint density at radius 3 is 2.43 bits per heavy atom. The lowest BCUT2D eigenvalue weighted by Crippen LogP contribution is -2.38. The van der Waals surface area contributed by atoms with Crippen LogP contribution in [0.25, 0.3) is 17.1 Å². The molecule has 1 saturated heterocycles. The standard InChI is InChI=1S/C31H28F6N6O2S/c1-18(2)24-16-21(32)8-13-25(24)42-14-3-15-46-30(42)40-29(44)39-27(34)26(33)19-4-6-20(7-5-19)28-38-17-43(41-28)22-9-11-23(12-10-22)45-31(35,36)37/h4-13,16-18,26-27H,3,14-15H2,1-2H3,(H,39,44). The van der Waals surface area contributed by atoms with Crippen LogP contribution in [-0.4, -0.2) is 50.9 Å². The Labute approximate surface area is 264 Å². The molecule has 0 bridgehead atoms. The summed E-state index contributed by atoms with van der Waals surface area (Å²) in [7, 11) is 0. The molecule has 242 valence electrons. The number of urea groups is 1. The number of carbonyl (C=O) groups excluding carboxylic acids is 1. The van der Waals surface area contributed by atoms with Crippen LogP contribution in [0.4, 0.5) is 36.8 Å². The molecule has 1 N–H and O–H groups in total. The molecule has 15 heteroatoms. The molecule has 3 aromatic carbocycles. The number of thioether (sulfide) groups is 1. The van der Waals surface area contributed by atoms with Crippen LogP contribution in [0.2, 0.25) is 0 Å². The normalized spacial score (nSPS) is 16.0. The summed E-state index contributed by atoms with van der Waals surface area (Å²) in [6, 6.07) is 13.9. The van der Waals surface area contributed by atoms with Crippen molar-refractivity contribution in [2.45, 2.75) is 45.0 Å². The molecule has 4 aromatic rings. The van der Waals surface area contributed by atoms with Crippen molar-refractivity contribution in [1.82, 2.24) is 20.1 Å². The maximum absolute atomic E-state index is 15.1. The van der Waals surface area contributed by atoms with Gasteiger partial charge in [0.25, 0.3) is 0 Å². The first-order chi connectivity index (χ1) is 21.9. The molecule has 2 amide bonds. The van der Waals surface area contributed by atoms with Gasteiger partial charge in [-0.05, 0) is 65.9 Å². The molecule has 46 heavy (non-hydrogen) atoms. The van der Waals surface area contributed by atoms with Crippen LogP contribution in [0, 0.1) is 5.82 Å². The van der Waals surface area contributed by atoms with Crippen molar-refractivity contribution in [3.05, 3.63) is 90.0 Å². The highest BCUT2D eigenvalue weighted by molar-refractivity contribution is 8.14. The van der Waals surface area contributed by atoms with Gasteiger partial charge >= 0.3 is 12.4 Å². The van der Waals surface area contributed by atoms with Crippen molar-refractivity contribution >= 4 is 28.6 Å². The highest BCUT2D eigenvalue weighted by Crippen LogP contribution is 2.33. The number of aromatic nitrogens is 3.